The van der Waals surface area contributed by atoms with Gasteiger partial charge >= 0.3 is 0 Å². The number of rotatable bonds is 2. The van der Waals surface area contributed by atoms with Gasteiger partial charge in [0.1, 0.15) is 5.82 Å². The Morgan fingerprint density at radius 2 is 2.10 bits per heavy atom. The summed E-state index contributed by atoms with van der Waals surface area (Å²) in [4.78, 5) is 9.34. The summed E-state index contributed by atoms with van der Waals surface area (Å²) in [6.45, 7) is 5.94. The van der Waals surface area contributed by atoms with Crippen molar-refractivity contribution in [3.63, 3.8) is 0 Å². The molecule has 2 heterocycles. The van der Waals surface area contributed by atoms with Gasteiger partial charge in [-0.05, 0) is 42.6 Å². The van der Waals surface area contributed by atoms with Gasteiger partial charge in [0.2, 0.25) is 0 Å². The molecule has 1 aliphatic heterocycles. The van der Waals surface area contributed by atoms with E-state index in [1.54, 1.807) is 6.07 Å². The average Bonchev–Trinajstić information content (AvgIpc) is 2.46. The van der Waals surface area contributed by atoms with Crippen molar-refractivity contribution in [3.05, 3.63) is 46.0 Å². The Bertz CT molecular complexity index is 685. The van der Waals surface area contributed by atoms with E-state index in [0.717, 1.165) is 30.9 Å². The molecule has 0 saturated carbocycles. The molecule has 1 aromatic carbocycles. The van der Waals surface area contributed by atoms with Crippen LogP contribution in [0.1, 0.15) is 36.7 Å². The number of nitrogens with zero attached hydrogens (tertiary/aromatic N) is 2. The highest BCUT2D eigenvalue weighted by Gasteiger charge is 2.20. The lowest BCUT2D eigenvalue weighted by Gasteiger charge is -2.22. The highest BCUT2D eigenvalue weighted by atomic mass is 35.5. The molecule has 110 valence electrons. The second-order valence-corrected chi connectivity index (χ2v) is 5.97. The van der Waals surface area contributed by atoms with Gasteiger partial charge < -0.3 is 5.32 Å². The van der Waals surface area contributed by atoms with E-state index in [2.05, 4.69) is 24.1 Å². The topological polar surface area (TPSA) is 37.8 Å². The minimum absolute atomic E-state index is 0.317. The van der Waals surface area contributed by atoms with Crippen LogP contribution in [0.5, 0.6) is 0 Å². The maximum atomic E-state index is 13.2. The molecule has 3 nitrogen and oxygen atoms in total. The third-order valence-corrected chi connectivity index (χ3v) is 4.00. The molecule has 0 spiro atoms. The summed E-state index contributed by atoms with van der Waals surface area (Å²) in [5.41, 5.74) is 4.01. The van der Waals surface area contributed by atoms with E-state index < -0.39 is 0 Å². The van der Waals surface area contributed by atoms with E-state index >= 15 is 0 Å². The monoisotopic (exact) mass is 305 g/mol. The van der Waals surface area contributed by atoms with E-state index in [-0.39, 0.29) is 5.82 Å². The van der Waals surface area contributed by atoms with Gasteiger partial charge in [-0.1, -0.05) is 25.4 Å². The van der Waals surface area contributed by atoms with E-state index in [1.807, 2.05) is 0 Å². The number of nitrogens with one attached hydrogen (secondary N) is 1. The zero-order valence-corrected chi connectivity index (χ0v) is 12.8. The summed E-state index contributed by atoms with van der Waals surface area (Å²) in [6.07, 6.45) is 0.945. The third kappa shape index (κ3) is 2.78. The number of hydrogen-bond donors (Lipinski definition) is 1. The summed E-state index contributed by atoms with van der Waals surface area (Å²) in [5.74, 6) is 0.538. The molecule has 1 aliphatic rings. The normalized spacial score (nSPS) is 14.3. The van der Waals surface area contributed by atoms with E-state index in [9.17, 15) is 4.39 Å². The van der Waals surface area contributed by atoms with E-state index in [0.29, 0.717) is 22.3 Å². The van der Waals surface area contributed by atoms with Crippen LogP contribution >= 0.6 is 11.6 Å². The third-order valence-electron chi connectivity index (χ3n) is 3.69. The van der Waals surface area contributed by atoms with Gasteiger partial charge in [0.25, 0.3) is 0 Å². The highest BCUT2D eigenvalue weighted by Crippen LogP contribution is 2.30. The standard InChI is InChI=1S/C16H17ClFN3/c1-9(2)15-12-5-6-19-8-14(12)20-16(21-15)11-4-3-10(18)7-13(11)17/h3-4,7,9,19H,5-6,8H2,1-2H3. The fourth-order valence-corrected chi connectivity index (χ4v) is 2.91. The van der Waals surface area contributed by atoms with Crippen LogP contribution < -0.4 is 5.32 Å². The van der Waals surface area contributed by atoms with E-state index in [4.69, 9.17) is 16.6 Å². The Labute approximate surface area is 128 Å². The fourth-order valence-electron chi connectivity index (χ4n) is 2.66. The predicted molar refractivity (Wildman–Crippen MR) is 81.9 cm³/mol. The molecule has 0 saturated heterocycles. The van der Waals surface area contributed by atoms with Crippen molar-refractivity contribution < 1.29 is 4.39 Å². The molecule has 21 heavy (non-hydrogen) atoms. The molecule has 1 aromatic heterocycles. The van der Waals surface area contributed by atoms with Crippen LogP contribution in [-0.4, -0.2) is 16.5 Å². The van der Waals surface area contributed by atoms with Crippen LogP contribution in [0.15, 0.2) is 18.2 Å². The molecule has 5 heteroatoms. The fraction of sp³-hybridized carbons (Fsp3) is 0.375. The Kier molecular flexibility index (Phi) is 3.91. The van der Waals surface area contributed by atoms with Crippen LogP contribution in [0.2, 0.25) is 5.02 Å². The SMILES string of the molecule is CC(C)c1nc(-c2ccc(F)cc2Cl)nc2c1CCNC2. The lowest BCUT2D eigenvalue weighted by Crippen LogP contribution is -2.27. The van der Waals surface area contributed by atoms with Crippen LogP contribution in [0, 0.1) is 5.82 Å². The van der Waals surface area contributed by atoms with Crippen LogP contribution in [0.25, 0.3) is 11.4 Å². The zero-order chi connectivity index (χ0) is 15.0. The first kappa shape index (κ1) is 14.4. The first-order chi connectivity index (χ1) is 10.1. The van der Waals surface area contributed by atoms with Crippen molar-refractivity contribution in [1.29, 1.82) is 0 Å². The molecule has 2 aromatic rings. The van der Waals surface area contributed by atoms with Crippen molar-refractivity contribution in [2.75, 3.05) is 6.54 Å². The molecule has 0 amide bonds. The number of fused-ring (bicyclic) bond motifs is 1. The van der Waals surface area contributed by atoms with Crippen LogP contribution in [0.3, 0.4) is 0 Å². The van der Waals surface area contributed by atoms with Crippen LogP contribution in [-0.2, 0) is 13.0 Å². The number of hydrogen-bond acceptors (Lipinski definition) is 3. The summed E-state index contributed by atoms with van der Waals surface area (Å²) in [6, 6.07) is 4.32. The Balaban J connectivity index is 2.17. The molecular weight excluding hydrogens is 289 g/mol. The molecule has 0 fully saturated rings. The predicted octanol–water partition coefficient (Wildman–Crippen LogP) is 3.71. The lowest BCUT2D eigenvalue weighted by molar-refractivity contribution is 0.609. The van der Waals surface area contributed by atoms with Gasteiger partial charge in [0.15, 0.2) is 5.82 Å². The minimum Gasteiger partial charge on any atom is -0.311 e. The van der Waals surface area contributed by atoms with Gasteiger partial charge in [0.05, 0.1) is 16.4 Å². The van der Waals surface area contributed by atoms with Crippen molar-refractivity contribution in [2.45, 2.75) is 32.7 Å². The summed E-state index contributed by atoms with van der Waals surface area (Å²) in [5, 5.41) is 3.67. The molecular formula is C16H17ClFN3. The number of halogens is 2. The van der Waals surface area contributed by atoms with Gasteiger partial charge in [-0.3, -0.25) is 0 Å². The van der Waals surface area contributed by atoms with Gasteiger partial charge in [-0.15, -0.1) is 0 Å². The Morgan fingerprint density at radius 1 is 1.29 bits per heavy atom. The minimum atomic E-state index is -0.354. The Hall–Kier alpha value is -1.52. The summed E-state index contributed by atoms with van der Waals surface area (Å²) in [7, 11) is 0. The molecule has 0 unspecified atom stereocenters. The molecule has 0 radical (unpaired) electrons. The van der Waals surface area contributed by atoms with Gasteiger partial charge in [0, 0.05) is 12.1 Å². The van der Waals surface area contributed by atoms with Crippen molar-refractivity contribution in [1.82, 2.24) is 15.3 Å². The first-order valence-electron chi connectivity index (χ1n) is 7.12. The largest absolute Gasteiger partial charge is 0.311 e. The highest BCUT2D eigenvalue weighted by molar-refractivity contribution is 6.33. The van der Waals surface area contributed by atoms with Crippen molar-refractivity contribution >= 4 is 11.6 Å². The molecule has 0 bridgehead atoms. The zero-order valence-electron chi connectivity index (χ0n) is 12.1. The summed E-state index contributed by atoms with van der Waals surface area (Å²) >= 11 is 6.14. The molecule has 0 atom stereocenters. The quantitative estimate of drug-likeness (QED) is 0.919. The number of aromatic nitrogens is 2. The molecule has 3 rings (SSSR count). The maximum Gasteiger partial charge on any atom is 0.161 e. The van der Waals surface area contributed by atoms with Crippen molar-refractivity contribution in [2.24, 2.45) is 0 Å². The summed E-state index contributed by atoms with van der Waals surface area (Å²) < 4.78 is 13.2. The van der Waals surface area contributed by atoms with Crippen LogP contribution in [0.4, 0.5) is 4.39 Å². The average molecular weight is 306 g/mol. The number of benzene rings is 1. The first-order valence-corrected chi connectivity index (χ1v) is 7.50. The second kappa shape index (κ2) is 5.70. The lowest BCUT2D eigenvalue weighted by atomic mass is 9.97. The smallest absolute Gasteiger partial charge is 0.161 e. The Morgan fingerprint density at radius 3 is 2.81 bits per heavy atom. The van der Waals surface area contributed by atoms with Gasteiger partial charge in [-0.2, -0.15) is 0 Å². The second-order valence-electron chi connectivity index (χ2n) is 5.56. The van der Waals surface area contributed by atoms with Crippen molar-refractivity contribution in [3.8, 4) is 11.4 Å². The molecule has 1 N–H and O–H groups in total. The van der Waals surface area contributed by atoms with Gasteiger partial charge in [-0.25, -0.2) is 14.4 Å². The maximum absolute atomic E-state index is 13.2. The molecule has 0 aliphatic carbocycles. The van der Waals surface area contributed by atoms with E-state index in [1.165, 1.54) is 17.7 Å².